The molecule has 2 N–H and O–H groups in total. The number of nitrogens with zero attached hydrogens (tertiary/aromatic N) is 3. The third-order valence-corrected chi connectivity index (χ3v) is 4.73. The fourth-order valence-corrected chi connectivity index (χ4v) is 3.55. The van der Waals surface area contributed by atoms with E-state index in [0.717, 1.165) is 6.54 Å². The number of rotatable bonds is 4. The predicted molar refractivity (Wildman–Crippen MR) is 68.4 cm³/mol. The van der Waals surface area contributed by atoms with Gasteiger partial charge in [0.2, 0.25) is 0 Å². The van der Waals surface area contributed by atoms with Crippen LogP contribution in [0.2, 0.25) is 0 Å². The molecule has 1 aliphatic heterocycles. The van der Waals surface area contributed by atoms with Gasteiger partial charge in [-0.05, 0) is 12.3 Å². The van der Waals surface area contributed by atoms with Crippen molar-refractivity contribution in [2.45, 2.75) is 37.9 Å². The molecule has 1 aromatic heterocycles. The molecule has 0 unspecified atom stereocenters. The Morgan fingerprint density at radius 1 is 1.56 bits per heavy atom. The van der Waals surface area contributed by atoms with Gasteiger partial charge in [0, 0.05) is 31.9 Å². The molecule has 0 bridgehead atoms. The summed E-state index contributed by atoms with van der Waals surface area (Å²) in [4.78, 5) is 4.00. The third-order valence-electron chi connectivity index (χ3n) is 2.98. The zero-order valence-corrected chi connectivity index (χ0v) is 11.6. The lowest BCUT2D eigenvalue weighted by Crippen LogP contribution is -2.32. The van der Waals surface area contributed by atoms with Crippen molar-refractivity contribution in [2.75, 3.05) is 13.1 Å². The van der Waals surface area contributed by atoms with Gasteiger partial charge in [0.1, 0.15) is 0 Å². The molecular formula is C11H20N4O2S. The van der Waals surface area contributed by atoms with E-state index in [1.807, 2.05) is 4.57 Å². The second-order valence-electron chi connectivity index (χ2n) is 5.21. The molecule has 1 aromatic rings. The fraction of sp³-hybridized carbons (Fsp3) is 0.727. The highest BCUT2D eigenvalue weighted by molar-refractivity contribution is 7.89. The van der Waals surface area contributed by atoms with E-state index in [2.05, 4.69) is 18.8 Å². The van der Waals surface area contributed by atoms with E-state index in [4.69, 9.17) is 5.73 Å². The predicted octanol–water partition coefficient (Wildman–Crippen LogP) is 0.261. The van der Waals surface area contributed by atoms with Crippen molar-refractivity contribution < 1.29 is 8.42 Å². The Morgan fingerprint density at radius 2 is 2.28 bits per heavy atom. The van der Waals surface area contributed by atoms with Crippen LogP contribution in [0, 0.1) is 5.92 Å². The summed E-state index contributed by atoms with van der Waals surface area (Å²) in [6.45, 7) is 5.79. The first-order chi connectivity index (χ1) is 8.39. The second kappa shape index (κ2) is 4.99. The van der Waals surface area contributed by atoms with Gasteiger partial charge in [0.15, 0.2) is 5.03 Å². The maximum Gasteiger partial charge on any atom is 0.262 e. The minimum Gasteiger partial charge on any atom is -0.336 e. The smallest absolute Gasteiger partial charge is 0.262 e. The number of sulfonamides is 1. The van der Waals surface area contributed by atoms with Gasteiger partial charge in [0.05, 0.1) is 6.33 Å². The van der Waals surface area contributed by atoms with Crippen LogP contribution in [0.4, 0.5) is 0 Å². The summed E-state index contributed by atoms with van der Waals surface area (Å²) in [6, 6.07) is -0.0578. The van der Waals surface area contributed by atoms with E-state index >= 15 is 0 Å². The zero-order valence-electron chi connectivity index (χ0n) is 10.8. The number of hydrogen-bond acceptors (Lipinski definition) is 4. The fourth-order valence-electron chi connectivity index (χ4n) is 2.10. The van der Waals surface area contributed by atoms with E-state index < -0.39 is 10.0 Å². The topological polar surface area (TPSA) is 81.2 Å². The van der Waals surface area contributed by atoms with Crippen LogP contribution in [0.5, 0.6) is 0 Å². The van der Waals surface area contributed by atoms with Crippen LogP contribution in [-0.4, -0.2) is 41.4 Å². The van der Waals surface area contributed by atoms with Crippen molar-refractivity contribution in [2.24, 2.45) is 11.7 Å². The van der Waals surface area contributed by atoms with Crippen LogP contribution >= 0.6 is 0 Å². The van der Waals surface area contributed by atoms with Gasteiger partial charge in [-0.25, -0.2) is 13.4 Å². The van der Waals surface area contributed by atoms with Crippen LogP contribution in [0.3, 0.4) is 0 Å². The summed E-state index contributed by atoms with van der Waals surface area (Å²) in [5.74, 6) is 0.454. The van der Waals surface area contributed by atoms with E-state index in [-0.39, 0.29) is 11.1 Å². The average Bonchev–Trinajstić information content (AvgIpc) is 2.86. The molecule has 0 amide bonds. The lowest BCUT2D eigenvalue weighted by atomic mass is 10.2. The minimum atomic E-state index is -3.47. The molecule has 18 heavy (non-hydrogen) atoms. The molecule has 2 rings (SSSR count). The first-order valence-electron chi connectivity index (χ1n) is 6.17. The Hall–Kier alpha value is -0.920. The molecule has 1 saturated heterocycles. The molecule has 6 nitrogen and oxygen atoms in total. The zero-order chi connectivity index (χ0) is 13.3. The van der Waals surface area contributed by atoms with Crippen molar-refractivity contribution in [3.8, 4) is 0 Å². The molecule has 0 aromatic carbocycles. The molecule has 0 radical (unpaired) electrons. The van der Waals surface area contributed by atoms with E-state index in [1.165, 1.54) is 4.31 Å². The van der Waals surface area contributed by atoms with Crippen molar-refractivity contribution in [3.63, 3.8) is 0 Å². The highest BCUT2D eigenvalue weighted by Crippen LogP contribution is 2.19. The van der Waals surface area contributed by atoms with Gasteiger partial charge in [-0.15, -0.1) is 0 Å². The Morgan fingerprint density at radius 3 is 2.83 bits per heavy atom. The molecule has 0 aliphatic carbocycles. The number of aromatic nitrogens is 2. The van der Waals surface area contributed by atoms with Crippen LogP contribution < -0.4 is 5.73 Å². The quantitative estimate of drug-likeness (QED) is 0.852. The summed E-state index contributed by atoms with van der Waals surface area (Å²) in [7, 11) is -3.47. The molecule has 1 fully saturated rings. The molecule has 7 heteroatoms. The average molecular weight is 272 g/mol. The van der Waals surface area contributed by atoms with Crippen molar-refractivity contribution >= 4 is 10.0 Å². The summed E-state index contributed by atoms with van der Waals surface area (Å²) < 4.78 is 27.8. The van der Waals surface area contributed by atoms with Gasteiger partial charge in [-0.1, -0.05) is 13.8 Å². The van der Waals surface area contributed by atoms with E-state index in [1.54, 1.807) is 12.5 Å². The lowest BCUT2D eigenvalue weighted by Gasteiger charge is -2.13. The van der Waals surface area contributed by atoms with Crippen LogP contribution in [0.15, 0.2) is 17.6 Å². The largest absolute Gasteiger partial charge is 0.336 e. The number of imidazole rings is 1. The van der Waals surface area contributed by atoms with Crippen LogP contribution in [0.1, 0.15) is 20.3 Å². The van der Waals surface area contributed by atoms with Gasteiger partial charge in [-0.3, -0.25) is 0 Å². The van der Waals surface area contributed by atoms with Crippen LogP contribution in [-0.2, 0) is 16.6 Å². The van der Waals surface area contributed by atoms with Crippen molar-refractivity contribution in [1.29, 1.82) is 0 Å². The minimum absolute atomic E-state index is 0.0578. The first kappa shape index (κ1) is 13.5. The molecule has 102 valence electrons. The Balaban J connectivity index is 2.17. The highest BCUT2D eigenvalue weighted by atomic mass is 32.2. The normalized spacial score (nSPS) is 21.9. The van der Waals surface area contributed by atoms with Crippen molar-refractivity contribution in [3.05, 3.63) is 12.5 Å². The Kier molecular flexibility index (Phi) is 3.74. The Bertz CT molecular complexity index is 509. The third kappa shape index (κ3) is 2.73. The molecule has 1 atom stereocenters. The summed E-state index contributed by atoms with van der Waals surface area (Å²) in [5.41, 5.74) is 5.74. The van der Waals surface area contributed by atoms with E-state index in [9.17, 15) is 8.42 Å². The maximum absolute atomic E-state index is 12.3. The monoisotopic (exact) mass is 272 g/mol. The summed E-state index contributed by atoms with van der Waals surface area (Å²) >= 11 is 0. The van der Waals surface area contributed by atoms with Crippen LogP contribution in [0.25, 0.3) is 0 Å². The molecule has 2 heterocycles. The second-order valence-corrected chi connectivity index (χ2v) is 7.10. The first-order valence-corrected chi connectivity index (χ1v) is 7.61. The lowest BCUT2D eigenvalue weighted by molar-refractivity contribution is 0.469. The molecular weight excluding hydrogens is 252 g/mol. The maximum atomic E-state index is 12.3. The van der Waals surface area contributed by atoms with Gasteiger partial charge >= 0.3 is 0 Å². The number of nitrogens with two attached hydrogens (primary N) is 1. The molecule has 1 aliphatic rings. The highest BCUT2D eigenvalue weighted by Gasteiger charge is 2.32. The summed E-state index contributed by atoms with van der Waals surface area (Å²) in [5, 5.41) is 0.122. The SMILES string of the molecule is CC(C)Cn1cnc(S(=O)(=O)N2CC[C@@H](N)C2)c1. The molecule has 0 spiro atoms. The van der Waals surface area contributed by atoms with Crippen molar-refractivity contribution in [1.82, 2.24) is 13.9 Å². The van der Waals surface area contributed by atoms with E-state index in [0.29, 0.717) is 25.4 Å². The standard InChI is InChI=1S/C11H20N4O2S/c1-9(2)5-14-7-11(13-8-14)18(16,17)15-4-3-10(12)6-15/h7-10H,3-6,12H2,1-2H3/t10-/m1/s1. The number of hydrogen-bond donors (Lipinski definition) is 1. The van der Waals surface area contributed by atoms with Gasteiger partial charge < -0.3 is 10.3 Å². The summed E-state index contributed by atoms with van der Waals surface area (Å²) in [6.07, 6.45) is 3.88. The van der Waals surface area contributed by atoms with Gasteiger partial charge in [0.25, 0.3) is 10.0 Å². The Labute approximate surface area is 108 Å². The van der Waals surface area contributed by atoms with Gasteiger partial charge in [-0.2, -0.15) is 4.31 Å². The molecule has 0 saturated carbocycles.